The molecule has 178 valence electrons. The molecule has 0 saturated carbocycles. The Labute approximate surface area is 214 Å². The summed E-state index contributed by atoms with van der Waals surface area (Å²) in [4.78, 5) is 9.92. The molecule has 11 heteroatoms. The molecule has 0 radical (unpaired) electrons. The summed E-state index contributed by atoms with van der Waals surface area (Å²) in [6, 6.07) is 7.38. The molecule has 2 aromatic carbocycles. The molecule has 1 fully saturated rings. The van der Waals surface area contributed by atoms with Crippen molar-refractivity contribution in [1.82, 2.24) is 9.97 Å². The Morgan fingerprint density at radius 1 is 1.29 bits per heavy atom. The summed E-state index contributed by atoms with van der Waals surface area (Å²) in [7, 11) is 0. The van der Waals surface area contributed by atoms with Crippen molar-refractivity contribution < 1.29 is 14.2 Å². The summed E-state index contributed by atoms with van der Waals surface area (Å²) in [5, 5.41) is 15.6. The molecule has 1 saturated heterocycles. The maximum absolute atomic E-state index is 14.2. The zero-order chi connectivity index (χ0) is 24.2. The average molecular weight is 569 g/mol. The molecule has 7 nitrogen and oxygen atoms in total. The number of morpholine rings is 1. The SMILES string of the molecule is Cc1cccc(Cl)c1Cc1c(Br)cc(/C=N\Nc2ncc(F)c(N3CCOCC3)n2)c(O)c1Cl. The van der Waals surface area contributed by atoms with Gasteiger partial charge in [-0.3, -0.25) is 0 Å². The number of phenols is 1. The second-order valence-corrected chi connectivity index (χ2v) is 9.27. The number of hydrogen-bond donors (Lipinski definition) is 2. The van der Waals surface area contributed by atoms with Crippen LogP contribution in [0.3, 0.4) is 0 Å². The van der Waals surface area contributed by atoms with Crippen LogP contribution in [0.5, 0.6) is 5.75 Å². The molecule has 0 unspecified atom stereocenters. The van der Waals surface area contributed by atoms with Gasteiger partial charge in [-0.1, -0.05) is 51.3 Å². The Morgan fingerprint density at radius 2 is 2.06 bits per heavy atom. The average Bonchev–Trinajstić information content (AvgIpc) is 2.83. The lowest BCUT2D eigenvalue weighted by Crippen LogP contribution is -2.37. The summed E-state index contributed by atoms with van der Waals surface area (Å²) in [6.45, 7) is 4.06. The highest BCUT2D eigenvalue weighted by atomic mass is 79.9. The number of aromatic nitrogens is 2. The zero-order valence-electron chi connectivity index (χ0n) is 18.2. The van der Waals surface area contributed by atoms with Crippen molar-refractivity contribution in [2.75, 3.05) is 36.6 Å². The van der Waals surface area contributed by atoms with Gasteiger partial charge in [0.05, 0.1) is 30.6 Å². The van der Waals surface area contributed by atoms with Gasteiger partial charge in [-0.2, -0.15) is 10.1 Å². The molecule has 2 N–H and O–H groups in total. The number of anilines is 2. The van der Waals surface area contributed by atoms with Gasteiger partial charge in [0.2, 0.25) is 5.95 Å². The van der Waals surface area contributed by atoms with Gasteiger partial charge in [0, 0.05) is 34.6 Å². The van der Waals surface area contributed by atoms with Gasteiger partial charge in [-0.05, 0) is 35.7 Å². The number of halogens is 4. The van der Waals surface area contributed by atoms with Crippen LogP contribution in [-0.4, -0.2) is 47.6 Å². The zero-order valence-corrected chi connectivity index (χ0v) is 21.3. The van der Waals surface area contributed by atoms with Crippen LogP contribution in [0, 0.1) is 12.7 Å². The van der Waals surface area contributed by atoms with Gasteiger partial charge in [0.15, 0.2) is 11.6 Å². The van der Waals surface area contributed by atoms with Crippen LogP contribution >= 0.6 is 39.1 Å². The van der Waals surface area contributed by atoms with Crippen LogP contribution in [0.1, 0.15) is 22.3 Å². The number of aryl methyl sites for hydroxylation is 1. The first kappa shape index (κ1) is 24.7. The number of hydrogen-bond acceptors (Lipinski definition) is 7. The van der Waals surface area contributed by atoms with E-state index in [0.29, 0.717) is 53.3 Å². The summed E-state index contributed by atoms with van der Waals surface area (Å²) in [5.41, 5.74) is 5.71. The van der Waals surface area contributed by atoms with E-state index in [2.05, 4.69) is 36.4 Å². The molecule has 1 aliphatic rings. The molecule has 0 amide bonds. The molecule has 0 bridgehead atoms. The minimum absolute atomic E-state index is 0.120. The largest absolute Gasteiger partial charge is 0.506 e. The van der Waals surface area contributed by atoms with Crippen LogP contribution in [0.4, 0.5) is 16.2 Å². The minimum atomic E-state index is -0.519. The maximum Gasteiger partial charge on any atom is 0.245 e. The van der Waals surface area contributed by atoms with Gasteiger partial charge in [-0.25, -0.2) is 14.8 Å². The fraction of sp³-hybridized carbons (Fsp3) is 0.261. The number of ether oxygens (including phenoxy) is 1. The third-order valence-corrected chi connectivity index (χ3v) is 6.90. The number of hydrazone groups is 1. The summed E-state index contributed by atoms with van der Waals surface area (Å²) in [6.07, 6.45) is 2.92. The van der Waals surface area contributed by atoms with Crippen molar-refractivity contribution >= 4 is 57.1 Å². The second kappa shape index (κ2) is 10.9. The first-order chi connectivity index (χ1) is 16.3. The topological polar surface area (TPSA) is 82.9 Å². The van der Waals surface area contributed by atoms with Crippen LogP contribution in [0.2, 0.25) is 10.0 Å². The van der Waals surface area contributed by atoms with Gasteiger partial charge in [-0.15, -0.1) is 0 Å². The molecule has 3 aromatic rings. The van der Waals surface area contributed by atoms with Crippen LogP contribution in [0.15, 0.2) is 40.0 Å². The van der Waals surface area contributed by atoms with Crippen molar-refractivity contribution in [2.45, 2.75) is 13.3 Å². The molecule has 4 rings (SSSR count). The van der Waals surface area contributed by atoms with Gasteiger partial charge in [0.25, 0.3) is 0 Å². The number of phenolic OH excluding ortho intramolecular Hbond substituents is 1. The lowest BCUT2D eigenvalue weighted by Gasteiger charge is -2.27. The Bertz CT molecular complexity index is 1220. The van der Waals surface area contributed by atoms with E-state index in [4.69, 9.17) is 27.9 Å². The lowest BCUT2D eigenvalue weighted by atomic mass is 9.99. The molecular weight excluding hydrogens is 548 g/mol. The molecule has 0 atom stereocenters. The van der Waals surface area contributed by atoms with Gasteiger partial charge < -0.3 is 14.7 Å². The number of nitrogens with zero attached hydrogens (tertiary/aromatic N) is 4. The fourth-order valence-electron chi connectivity index (χ4n) is 3.56. The first-order valence-corrected chi connectivity index (χ1v) is 12.0. The third kappa shape index (κ3) is 5.43. The molecule has 1 aromatic heterocycles. The van der Waals surface area contributed by atoms with Crippen molar-refractivity contribution in [1.29, 1.82) is 0 Å². The summed E-state index contributed by atoms with van der Waals surface area (Å²) >= 11 is 16.4. The normalized spacial score (nSPS) is 14.1. The highest BCUT2D eigenvalue weighted by molar-refractivity contribution is 9.10. The van der Waals surface area contributed by atoms with E-state index in [9.17, 15) is 9.50 Å². The summed E-state index contributed by atoms with van der Waals surface area (Å²) in [5.74, 6) is -0.336. The second-order valence-electron chi connectivity index (χ2n) is 7.64. The molecule has 34 heavy (non-hydrogen) atoms. The molecular formula is C23H21BrCl2FN5O2. The highest BCUT2D eigenvalue weighted by Gasteiger charge is 2.19. The molecule has 0 spiro atoms. The van der Waals surface area contributed by atoms with Crippen molar-refractivity contribution in [3.8, 4) is 5.75 Å². The first-order valence-electron chi connectivity index (χ1n) is 10.4. The Hall–Kier alpha value is -2.46. The minimum Gasteiger partial charge on any atom is -0.506 e. The predicted molar refractivity (Wildman–Crippen MR) is 136 cm³/mol. The van der Waals surface area contributed by atoms with E-state index in [0.717, 1.165) is 17.3 Å². The fourth-order valence-corrected chi connectivity index (χ4v) is 4.83. The monoisotopic (exact) mass is 567 g/mol. The van der Waals surface area contributed by atoms with Crippen molar-refractivity contribution in [3.05, 3.63) is 73.1 Å². The van der Waals surface area contributed by atoms with E-state index in [1.165, 1.54) is 6.21 Å². The predicted octanol–water partition coefficient (Wildman–Crippen LogP) is 5.57. The standard InChI is InChI=1S/C23H21BrCl2FN5O2/c1-13-3-2-4-18(25)15(13)10-16-17(24)9-14(21(33)20(16)26)11-29-31-23-28-12-19(27)22(30-23)32-5-7-34-8-6-32/h2-4,9,11-12,33H,5-8,10H2,1H3,(H,28,30,31)/b29-11-. The number of aromatic hydroxyl groups is 1. The third-order valence-electron chi connectivity index (χ3n) is 5.43. The van der Waals surface area contributed by atoms with Gasteiger partial charge in [0.1, 0.15) is 5.75 Å². The number of nitrogens with one attached hydrogen (secondary N) is 1. The van der Waals surface area contributed by atoms with Gasteiger partial charge >= 0.3 is 0 Å². The number of benzene rings is 2. The van der Waals surface area contributed by atoms with E-state index in [-0.39, 0.29) is 22.5 Å². The maximum atomic E-state index is 14.2. The van der Waals surface area contributed by atoms with E-state index < -0.39 is 5.82 Å². The van der Waals surface area contributed by atoms with Crippen LogP contribution < -0.4 is 10.3 Å². The number of rotatable bonds is 6. The summed E-state index contributed by atoms with van der Waals surface area (Å²) < 4.78 is 20.2. The van der Waals surface area contributed by atoms with Crippen LogP contribution in [-0.2, 0) is 11.2 Å². The highest BCUT2D eigenvalue weighted by Crippen LogP contribution is 2.38. The van der Waals surface area contributed by atoms with Crippen molar-refractivity contribution in [3.63, 3.8) is 0 Å². The van der Waals surface area contributed by atoms with E-state index >= 15 is 0 Å². The molecule has 2 heterocycles. The van der Waals surface area contributed by atoms with Crippen LogP contribution in [0.25, 0.3) is 0 Å². The molecule has 0 aliphatic carbocycles. The Morgan fingerprint density at radius 3 is 2.79 bits per heavy atom. The van der Waals surface area contributed by atoms with E-state index in [1.807, 2.05) is 25.1 Å². The Kier molecular flexibility index (Phi) is 7.88. The smallest absolute Gasteiger partial charge is 0.245 e. The van der Waals surface area contributed by atoms with E-state index in [1.54, 1.807) is 11.0 Å². The lowest BCUT2D eigenvalue weighted by molar-refractivity contribution is 0.122. The molecule has 1 aliphatic heterocycles. The Balaban J connectivity index is 1.53. The quantitative estimate of drug-likeness (QED) is 0.299. The van der Waals surface area contributed by atoms with Crippen molar-refractivity contribution in [2.24, 2.45) is 5.10 Å².